The SMILES string of the molecule is COc1ccccc1C#CCNC(=O)C1c2ccccc2Oc2ccccc21. The number of methoxy groups -OCH3 is 1. The number of carbonyl (C=O) groups excluding carboxylic acids is 1. The molecule has 0 aliphatic carbocycles. The number of carbonyl (C=O) groups is 1. The second-order valence-corrected chi connectivity index (χ2v) is 6.33. The molecule has 0 radical (unpaired) electrons. The van der Waals surface area contributed by atoms with E-state index in [2.05, 4.69) is 17.2 Å². The van der Waals surface area contributed by atoms with Crippen molar-refractivity contribution in [3.05, 3.63) is 89.5 Å². The van der Waals surface area contributed by atoms with Gasteiger partial charge in [0.25, 0.3) is 0 Å². The summed E-state index contributed by atoms with van der Waals surface area (Å²) in [6.45, 7) is 0.249. The van der Waals surface area contributed by atoms with Crippen molar-refractivity contribution < 1.29 is 14.3 Å². The highest BCUT2D eigenvalue weighted by Crippen LogP contribution is 2.43. The molecule has 28 heavy (non-hydrogen) atoms. The molecule has 4 rings (SSSR count). The summed E-state index contributed by atoms with van der Waals surface area (Å²) in [4.78, 5) is 13.0. The summed E-state index contributed by atoms with van der Waals surface area (Å²) >= 11 is 0. The van der Waals surface area contributed by atoms with Gasteiger partial charge in [-0.25, -0.2) is 0 Å². The van der Waals surface area contributed by atoms with Crippen LogP contribution in [0.4, 0.5) is 0 Å². The highest BCUT2D eigenvalue weighted by molar-refractivity contribution is 5.89. The van der Waals surface area contributed by atoms with Gasteiger partial charge in [-0.3, -0.25) is 4.79 Å². The van der Waals surface area contributed by atoms with Gasteiger partial charge >= 0.3 is 0 Å². The maximum Gasteiger partial charge on any atom is 0.233 e. The molecule has 3 aromatic rings. The molecular weight excluding hydrogens is 350 g/mol. The van der Waals surface area contributed by atoms with Crippen LogP contribution in [0.25, 0.3) is 0 Å². The number of ether oxygens (including phenoxy) is 2. The first-order valence-electron chi connectivity index (χ1n) is 9.03. The first-order chi connectivity index (χ1) is 13.8. The predicted molar refractivity (Wildman–Crippen MR) is 108 cm³/mol. The second kappa shape index (κ2) is 7.89. The highest BCUT2D eigenvalue weighted by atomic mass is 16.5. The second-order valence-electron chi connectivity index (χ2n) is 6.33. The molecule has 0 spiro atoms. The van der Waals surface area contributed by atoms with Crippen LogP contribution >= 0.6 is 0 Å². The molecule has 1 amide bonds. The number of hydrogen-bond donors (Lipinski definition) is 1. The lowest BCUT2D eigenvalue weighted by Crippen LogP contribution is -2.31. The molecule has 0 saturated heterocycles. The van der Waals surface area contributed by atoms with Crippen molar-refractivity contribution in [2.75, 3.05) is 13.7 Å². The summed E-state index contributed by atoms with van der Waals surface area (Å²) in [5.41, 5.74) is 2.51. The normalized spacial score (nSPS) is 11.9. The van der Waals surface area contributed by atoms with E-state index < -0.39 is 5.92 Å². The number of para-hydroxylation sites is 3. The minimum absolute atomic E-state index is 0.0995. The van der Waals surface area contributed by atoms with Gasteiger partial charge in [0.05, 0.1) is 25.1 Å². The third-order valence-corrected chi connectivity index (χ3v) is 4.62. The summed E-state index contributed by atoms with van der Waals surface area (Å²) in [6, 6.07) is 22.8. The van der Waals surface area contributed by atoms with Crippen LogP contribution in [0.15, 0.2) is 72.8 Å². The summed E-state index contributed by atoms with van der Waals surface area (Å²) in [5.74, 6) is 7.66. The lowest BCUT2D eigenvalue weighted by atomic mass is 9.87. The van der Waals surface area contributed by atoms with Gasteiger partial charge in [-0.05, 0) is 24.3 Å². The number of rotatable bonds is 3. The van der Waals surface area contributed by atoms with Crippen LogP contribution in [0.3, 0.4) is 0 Å². The van der Waals surface area contributed by atoms with Gasteiger partial charge < -0.3 is 14.8 Å². The molecule has 3 aromatic carbocycles. The Hall–Kier alpha value is -3.71. The zero-order chi connectivity index (χ0) is 19.3. The Morgan fingerprint density at radius 3 is 2.25 bits per heavy atom. The van der Waals surface area contributed by atoms with Crippen LogP contribution in [0.5, 0.6) is 17.2 Å². The first-order valence-corrected chi connectivity index (χ1v) is 9.03. The van der Waals surface area contributed by atoms with Gasteiger partial charge in [-0.2, -0.15) is 0 Å². The quantitative estimate of drug-likeness (QED) is 0.707. The van der Waals surface area contributed by atoms with E-state index in [-0.39, 0.29) is 12.5 Å². The fourth-order valence-corrected chi connectivity index (χ4v) is 3.31. The van der Waals surface area contributed by atoms with Crippen LogP contribution in [-0.4, -0.2) is 19.6 Å². The highest BCUT2D eigenvalue weighted by Gasteiger charge is 2.31. The van der Waals surface area contributed by atoms with E-state index in [1.54, 1.807) is 7.11 Å². The number of nitrogens with one attached hydrogen (secondary N) is 1. The van der Waals surface area contributed by atoms with Gasteiger partial charge in [0, 0.05) is 11.1 Å². The average molecular weight is 369 g/mol. The topological polar surface area (TPSA) is 47.6 Å². The van der Waals surface area contributed by atoms with E-state index in [4.69, 9.17) is 9.47 Å². The lowest BCUT2D eigenvalue weighted by Gasteiger charge is -2.27. The van der Waals surface area contributed by atoms with E-state index in [9.17, 15) is 4.79 Å². The van der Waals surface area contributed by atoms with E-state index in [0.717, 1.165) is 16.7 Å². The molecule has 0 saturated carbocycles. The molecule has 1 heterocycles. The largest absolute Gasteiger partial charge is 0.495 e. The fraction of sp³-hybridized carbons (Fsp3) is 0.125. The number of fused-ring (bicyclic) bond motifs is 2. The molecule has 4 nitrogen and oxygen atoms in total. The predicted octanol–water partition coefficient (Wildman–Crippen LogP) is 4.10. The molecule has 1 aliphatic heterocycles. The van der Waals surface area contributed by atoms with Gasteiger partial charge in [0.1, 0.15) is 17.2 Å². The Kier molecular flexibility index (Phi) is 4.99. The van der Waals surface area contributed by atoms with E-state index in [0.29, 0.717) is 17.2 Å². The lowest BCUT2D eigenvalue weighted by molar-refractivity contribution is -0.121. The maximum atomic E-state index is 13.0. The molecule has 0 fully saturated rings. The average Bonchev–Trinajstić information content (AvgIpc) is 2.75. The molecule has 1 aliphatic rings. The Labute approximate surface area is 164 Å². The Bertz CT molecular complexity index is 1030. The van der Waals surface area contributed by atoms with E-state index >= 15 is 0 Å². The number of benzene rings is 3. The van der Waals surface area contributed by atoms with Crippen molar-refractivity contribution in [3.8, 4) is 29.1 Å². The fourth-order valence-electron chi connectivity index (χ4n) is 3.31. The monoisotopic (exact) mass is 369 g/mol. The van der Waals surface area contributed by atoms with Crippen LogP contribution in [-0.2, 0) is 4.79 Å². The van der Waals surface area contributed by atoms with Crippen molar-refractivity contribution in [2.45, 2.75) is 5.92 Å². The van der Waals surface area contributed by atoms with Crippen molar-refractivity contribution in [1.82, 2.24) is 5.32 Å². The molecule has 0 bridgehead atoms. The van der Waals surface area contributed by atoms with Crippen LogP contribution in [0, 0.1) is 11.8 Å². The van der Waals surface area contributed by atoms with E-state index in [1.165, 1.54) is 0 Å². The smallest absolute Gasteiger partial charge is 0.233 e. The minimum atomic E-state index is -0.422. The summed E-state index contributed by atoms with van der Waals surface area (Å²) < 4.78 is 11.2. The molecule has 1 N–H and O–H groups in total. The summed E-state index contributed by atoms with van der Waals surface area (Å²) in [7, 11) is 1.61. The standard InChI is InChI=1S/C24H19NO3/c1-27-20-13-5-2-9-17(20)10-8-16-25-24(26)23-18-11-3-6-14-21(18)28-22-15-7-4-12-19(22)23/h2-7,9,11-15,23H,16H2,1H3,(H,25,26). The number of amides is 1. The van der Waals surface area contributed by atoms with Crippen LogP contribution in [0.1, 0.15) is 22.6 Å². The van der Waals surface area contributed by atoms with Gasteiger partial charge in [0.15, 0.2) is 0 Å². The van der Waals surface area contributed by atoms with Crippen molar-refractivity contribution in [1.29, 1.82) is 0 Å². The third-order valence-electron chi connectivity index (χ3n) is 4.62. The Morgan fingerprint density at radius 1 is 0.964 bits per heavy atom. The first kappa shape index (κ1) is 17.7. The molecule has 4 heteroatoms. The van der Waals surface area contributed by atoms with Crippen molar-refractivity contribution >= 4 is 5.91 Å². The zero-order valence-electron chi connectivity index (χ0n) is 15.4. The summed E-state index contributed by atoms with van der Waals surface area (Å²) in [5, 5.41) is 2.93. The Morgan fingerprint density at radius 2 is 1.57 bits per heavy atom. The van der Waals surface area contributed by atoms with Crippen LogP contribution < -0.4 is 14.8 Å². The number of hydrogen-bond acceptors (Lipinski definition) is 3. The van der Waals surface area contributed by atoms with E-state index in [1.807, 2.05) is 72.8 Å². The molecule has 0 aromatic heterocycles. The molecule has 0 atom stereocenters. The van der Waals surface area contributed by atoms with Gasteiger partial charge in [0.2, 0.25) is 5.91 Å². The molecular formula is C24H19NO3. The third kappa shape index (κ3) is 3.43. The van der Waals surface area contributed by atoms with Gasteiger partial charge in [-0.1, -0.05) is 60.4 Å². The zero-order valence-corrected chi connectivity index (χ0v) is 15.4. The van der Waals surface area contributed by atoms with Crippen molar-refractivity contribution in [2.24, 2.45) is 0 Å². The molecule has 138 valence electrons. The summed E-state index contributed by atoms with van der Waals surface area (Å²) in [6.07, 6.45) is 0. The minimum Gasteiger partial charge on any atom is -0.495 e. The van der Waals surface area contributed by atoms with Gasteiger partial charge in [-0.15, -0.1) is 0 Å². The van der Waals surface area contributed by atoms with Crippen molar-refractivity contribution in [3.63, 3.8) is 0 Å². The molecule has 0 unspecified atom stereocenters. The van der Waals surface area contributed by atoms with Crippen LogP contribution in [0.2, 0.25) is 0 Å². The maximum absolute atomic E-state index is 13.0. The Balaban J connectivity index is 1.54.